The van der Waals surface area contributed by atoms with E-state index in [1.165, 1.54) is 6.08 Å². The molecule has 1 N–H and O–H groups in total. The minimum absolute atomic E-state index is 0.182. The van der Waals surface area contributed by atoms with Crippen molar-refractivity contribution in [3.63, 3.8) is 0 Å². The molecule has 3 aromatic rings. The standard InChI is InChI=1S/C17H15N3O2/c21-16(19-12-10-13-5-3-4-11-18-13)8-9-17-20-14-6-1-2-7-15(14)22-17/h1-9,11H,10,12H2,(H,19,21)/b9-8+. The minimum atomic E-state index is -0.182. The van der Waals surface area contributed by atoms with Gasteiger partial charge in [-0.15, -0.1) is 0 Å². The third-order valence-electron chi connectivity index (χ3n) is 3.09. The SMILES string of the molecule is O=C(/C=C/c1nc2ccccc2o1)NCCc1ccccn1. The third-order valence-corrected chi connectivity index (χ3v) is 3.09. The van der Waals surface area contributed by atoms with Crippen molar-refractivity contribution in [3.8, 4) is 0 Å². The number of benzene rings is 1. The molecule has 3 rings (SSSR count). The number of carbonyl (C=O) groups is 1. The van der Waals surface area contributed by atoms with Gasteiger partial charge in [0.05, 0.1) is 0 Å². The number of amides is 1. The predicted octanol–water partition coefficient (Wildman–Crippen LogP) is 2.59. The van der Waals surface area contributed by atoms with E-state index in [-0.39, 0.29) is 5.91 Å². The Kier molecular flexibility index (Phi) is 4.25. The number of pyridine rings is 1. The summed E-state index contributed by atoms with van der Waals surface area (Å²) in [6.45, 7) is 0.535. The molecule has 0 bridgehead atoms. The molecule has 0 aliphatic heterocycles. The maximum absolute atomic E-state index is 11.7. The van der Waals surface area contributed by atoms with Gasteiger partial charge in [-0.05, 0) is 24.3 Å². The molecule has 0 spiro atoms. The molecule has 5 nitrogen and oxygen atoms in total. The van der Waals surface area contributed by atoms with Crippen molar-refractivity contribution in [3.05, 3.63) is 66.3 Å². The number of nitrogens with one attached hydrogen (secondary N) is 1. The van der Waals surface area contributed by atoms with Crippen molar-refractivity contribution in [1.29, 1.82) is 0 Å². The highest BCUT2D eigenvalue weighted by Crippen LogP contribution is 2.15. The molecule has 1 amide bonds. The number of fused-ring (bicyclic) bond motifs is 1. The molecule has 0 fully saturated rings. The van der Waals surface area contributed by atoms with Crippen LogP contribution in [0.4, 0.5) is 0 Å². The molecular weight excluding hydrogens is 278 g/mol. The Morgan fingerprint density at radius 3 is 2.86 bits per heavy atom. The van der Waals surface area contributed by atoms with Gasteiger partial charge in [0.1, 0.15) is 5.52 Å². The number of aromatic nitrogens is 2. The first-order chi connectivity index (χ1) is 10.8. The lowest BCUT2D eigenvalue weighted by Gasteiger charge is -2.01. The molecule has 0 aliphatic rings. The molecular formula is C17H15N3O2. The van der Waals surface area contributed by atoms with Gasteiger partial charge in [0.2, 0.25) is 11.8 Å². The van der Waals surface area contributed by atoms with Crippen molar-refractivity contribution in [2.24, 2.45) is 0 Å². The molecule has 0 unspecified atom stereocenters. The molecule has 0 saturated heterocycles. The Morgan fingerprint density at radius 2 is 2.05 bits per heavy atom. The number of rotatable bonds is 5. The third kappa shape index (κ3) is 3.58. The van der Waals surface area contributed by atoms with Crippen LogP contribution in [-0.2, 0) is 11.2 Å². The van der Waals surface area contributed by atoms with E-state index in [0.717, 1.165) is 11.2 Å². The van der Waals surface area contributed by atoms with E-state index >= 15 is 0 Å². The lowest BCUT2D eigenvalue weighted by molar-refractivity contribution is -0.116. The summed E-state index contributed by atoms with van der Waals surface area (Å²) in [5, 5.41) is 2.80. The number of carbonyl (C=O) groups excluding carboxylic acids is 1. The number of nitrogens with zero attached hydrogens (tertiary/aromatic N) is 2. The number of oxazole rings is 1. The summed E-state index contributed by atoms with van der Waals surface area (Å²) in [6, 6.07) is 13.2. The average Bonchev–Trinajstić information content (AvgIpc) is 2.97. The maximum Gasteiger partial charge on any atom is 0.244 e. The molecule has 0 atom stereocenters. The van der Waals surface area contributed by atoms with E-state index in [4.69, 9.17) is 4.42 Å². The zero-order chi connectivity index (χ0) is 15.2. The van der Waals surface area contributed by atoms with Crippen LogP contribution in [0.25, 0.3) is 17.2 Å². The van der Waals surface area contributed by atoms with Gasteiger partial charge < -0.3 is 9.73 Å². The first kappa shape index (κ1) is 14.0. The monoisotopic (exact) mass is 293 g/mol. The Balaban J connectivity index is 1.52. The first-order valence-corrected chi connectivity index (χ1v) is 7.03. The van der Waals surface area contributed by atoms with Crippen LogP contribution in [0.2, 0.25) is 0 Å². The fourth-order valence-corrected chi connectivity index (χ4v) is 2.03. The van der Waals surface area contributed by atoms with Crippen molar-refractivity contribution in [1.82, 2.24) is 15.3 Å². The van der Waals surface area contributed by atoms with Crippen LogP contribution in [0, 0.1) is 0 Å². The average molecular weight is 293 g/mol. The number of hydrogen-bond donors (Lipinski definition) is 1. The summed E-state index contributed by atoms with van der Waals surface area (Å²) in [4.78, 5) is 20.2. The second kappa shape index (κ2) is 6.67. The minimum Gasteiger partial charge on any atom is -0.437 e. The molecule has 0 aliphatic carbocycles. The van der Waals surface area contributed by atoms with Gasteiger partial charge in [0.15, 0.2) is 5.58 Å². The summed E-state index contributed by atoms with van der Waals surface area (Å²) >= 11 is 0. The topological polar surface area (TPSA) is 68.0 Å². The zero-order valence-electron chi connectivity index (χ0n) is 11.9. The Morgan fingerprint density at radius 1 is 1.18 bits per heavy atom. The molecule has 0 radical (unpaired) electrons. The first-order valence-electron chi connectivity index (χ1n) is 7.03. The Bertz CT molecular complexity index is 761. The second-order valence-corrected chi connectivity index (χ2v) is 4.72. The fourth-order valence-electron chi connectivity index (χ4n) is 2.03. The van der Waals surface area contributed by atoms with Crippen LogP contribution in [0.1, 0.15) is 11.6 Å². The maximum atomic E-state index is 11.7. The van der Waals surface area contributed by atoms with E-state index in [0.29, 0.717) is 24.4 Å². The highest BCUT2D eigenvalue weighted by atomic mass is 16.3. The van der Waals surface area contributed by atoms with Crippen LogP contribution in [0.15, 0.2) is 59.2 Å². The largest absolute Gasteiger partial charge is 0.437 e. The van der Waals surface area contributed by atoms with Crippen molar-refractivity contribution < 1.29 is 9.21 Å². The van der Waals surface area contributed by atoms with Crippen LogP contribution in [-0.4, -0.2) is 22.4 Å². The molecule has 0 saturated carbocycles. The van der Waals surface area contributed by atoms with E-state index in [2.05, 4.69) is 15.3 Å². The second-order valence-electron chi connectivity index (χ2n) is 4.72. The Labute approximate surface area is 127 Å². The molecule has 22 heavy (non-hydrogen) atoms. The smallest absolute Gasteiger partial charge is 0.244 e. The van der Waals surface area contributed by atoms with Crippen LogP contribution >= 0.6 is 0 Å². The lowest BCUT2D eigenvalue weighted by atomic mass is 10.3. The van der Waals surface area contributed by atoms with Crippen molar-refractivity contribution in [2.45, 2.75) is 6.42 Å². The highest BCUT2D eigenvalue weighted by Gasteiger charge is 2.02. The predicted molar refractivity (Wildman–Crippen MR) is 84.0 cm³/mol. The Hall–Kier alpha value is -2.95. The normalized spacial score (nSPS) is 11.1. The highest BCUT2D eigenvalue weighted by molar-refractivity contribution is 5.91. The molecule has 1 aromatic carbocycles. The van der Waals surface area contributed by atoms with Crippen LogP contribution in [0.5, 0.6) is 0 Å². The van der Waals surface area contributed by atoms with Gasteiger partial charge in [-0.3, -0.25) is 9.78 Å². The van der Waals surface area contributed by atoms with Gasteiger partial charge in [-0.1, -0.05) is 18.2 Å². The van der Waals surface area contributed by atoms with Gasteiger partial charge in [0, 0.05) is 37.0 Å². The van der Waals surface area contributed by atoms with Crippen molar-refractivity contribution in [2.75, 3.05) is 6.54 Å². The summed E-state index contributed by atoms with van der Waals surface area (Å²) in [6.07, 6.45) is 5.42. The molecule has 2 aromatic heterocycles. The van der Waals surface area contributed by atoms with Crippen LogP contribution < -0.4 is 5.32 Å². The van der Waals surface area contributed by atoms with Gasteiger partial charge in [0.25, 0.3) is 0 Å². The van der Waals surface area contributed by atoms with Gasteiger partial charge in [-0.2, -0.15) is 0 Å². The van der Waals surface area contributed by atoms with E-state index in [1.807, 2.05) is 42.5 Å². The van der Waals surface area contributed by atoms with Gasteiger partial charge >= 0.3 is 0 Å². The van der Waals surface area contributed by atoms with E-state index < -0.39 is 0 Å². The zero-order valence-corrected chi connectivity index (χ0v) is 11.9. The van der Waals surface area contributed by atoms with E-state index in [1.54, 1.807) is 12.3 Å². The lowest BCUT2D eigenvalue weighted by Crippen LogP contribution is -2.23. The summed E-state index contributed by atoms with van der Waals surface area (Å²) in [5.41, 5.74) is 2.43. The van der Waals surface area contributed by atoms with Crippen molar-refractivity contribution >= 4 is 23.1 Å². The molecule has 5 heteroatoms. The summed E-state index contributed by atoms with van der Waals surface area (Å²) in [5.74, 6) is 0.235. The van der Waals surface area contributed by atoms with Gasteiger partial charge in [-0.25, -0.2) is 4.98 Å². The molecule has 2 heterocycles. The fraction of sp³-hybridized carbons (Fsp3) is 0.118. The molecule has 110 valence electrons. The summed E-state index contributed by atoms with van der Waals surface area (Å²) in [7, 11) is 0. The quantitative estimate of drug-likeness (QED) is 0.734. The summed E-state index contributed by atoms with van der Waals surface area (Å²) < 4.78 is 5.50. The number of para-hydroxylation sites is 2. The van der Waals surface area contributed by atoms with E-state index in [9.17, 15) is 4.79 Å². The number of hydrogen-bond acceptors (Lipinski definition) is 4. The van der Waals surface area contributed by atoms with Crippen LogP contribution in [0.3, 0.4) is 0 Å².